The van der Waals surface area contributed by atoms with Crippen LogP contribution in [0.4, 0.5) is 0 Å². The number of nitrogens with zero attached hydrogens (tertiary/aromatic N) is 1. The van der Waals surface area contributed by atoms with Gasteiger partial charge in [-0.05, 0) is 46.7 Å². The molecule has 4 heterocycles. The number of ether oxygens (including phenoxy) is 2. The fourth-order valence-electron chi connectivity index (χ4n) is 6.31. The van der Waals surface area contributed by atoms with E-state index >= 15 is 0 Å². The molecule has 5 aromatic rings. The molecule has 0 amide bonds. The Morgan fingerprint density at radius 1 is 0.697 bits per heavy atom. The molecule has 33 heavy (non-hydrogen) atoms. The second-order valence-corrected chi connectivity index (χ2v) is 9.74. The average Bonchev–Trinajstić information content (AvgIpc) is 3.18. The first-order valence-corrected chi connectivity index (χ1v) is 11.5. The van der Waals surface area contributed by atoms with Crippen molar-refractivity contribution in [3.63, 3.8) is 0 Å². The highest BCUT2D eigenvalue weighted by atomic mass is 16.5. The molecule has 4 aromatic carbocycles. The predicted molar refractivity (Wildman–Crippen MR) is 133 cm³/mol. The van der Waals surface area contributed by atoms with Gasteiger partial charge >= 0.3 is 0 Å². The summed E-state index contributed by atoms with van der Waals surface area (Å²) < 4.78 is 15.5. The summed E-state index contributed by atoms with van der Waals surface area (Å²) in [6, 6.07) is 30.0. The van der Waals surface area contributed by atoms with Gasteiger partial charge < -0.3 is 9.47 Å². The Balaban J connectivity index is 1.57. The lowest BCUT2D eigenvalue weighted by atomic mass is 9.34. The first-order valence-electron chi connectivity index (χ1n) is 11.5. The fourth-order valence-corrected chi connectivity index (χ4v) is 6.31. The van der Waals surface area contributed by atoms with Crippen LogP contribution in [-0.4, -0.2) is 11.3 Å². The first kappa shape index (κ1) is 17.6. The van der Waals surface area contributed by atoms with Crippen molar-refractivity contribution in [1.29, 1.82) is 0 Å². The summed E-state index contributed by atoms with van der Waals surface area (Å²) in [6.45, 7) is 4.76. The van der Waals surface area contributed by atoms with Gasteiger partial charge in [-0.2, -0.15) is 0 Å². The van der Waals surface area contributed by atoms with Crippen LogP contribution in [0, 0.1) is 0 Å². The van der Waals surface area contributed by atoms with Gasteiger partial charge in [0, 0.05) is 27.6 Å². The van der Waals surface area contributed by atoms with E-state index < -0.39 is 0 Å². The summed E-state index contributed by atoms with van der Waals surface area (Å²) in [6.07, 6.45) is 0. The Bertz CT molecular complexity index is 1660. The largest absolute Gasteiger partial charge is 0.458 e. The van der Waals surface area contributed by atoms with Crippen LogP contribution in [0.5, 0.6) is 23.1 Å². The standard InChI is InChI=1S/C29H20BNO2/c1-29(2)18-9-3-7-13-22(18)33-28-25(29)17-15-16-24-26-27(17)31(28)21-12-6-4-10-19(21)30(26)20-11-5-8-14-23(20)32-24/h3-16H,1-2H3. The smallest absolute Gasteiger partial charge is 0.256 e. The van der Waals surface area contributed by atoms with Crippen LogP contribution in [0.25, 0.3) is 16.6 Å². The molecule has 0 saturated carbocycles. The molecule has 0 atom stereocenters. The Kier molecular flexibility index (Phi) is 3.05. The minimum Gasteiger partial charge on any atom is -0.458 e. The molecule has 3 aliphatic rings. The van der Waals surface area contributed by atoms with Crippen LogP contribution >= 0.6 is 0 Å². The van der Waals surface area contributed by atoms with E-state index in [0.717, 1.165) is 23.1 Å². The number of aromatic nitrogens is 1. The number of benzene rings is 4. The van der Waals surface area contributed by atoms with Crippen molar-refractivity contribution >= 4 is 34.0 Å². The van der Waals surface area contributed by atoms with E-state index in [0.29, 0.717) is 0 Å². The van der Waals surface area contributed by atoms with Crippen LogP contribution in [0.2, 0.25) is 0 Å². The lowest BCUT2D eigenvalue weighted by Gasteiger charge is -2.34. The maximum atomic E-state index is 6.68. The van der Waals surface area contributed by atoms with Crippen LogP contribution in [0.1, 0.15) is 25.0 Å². The third-order valence-electron chi connectivity index (χ3n) is 7.71. The lowest BCUT2D eigenvalue weighted by Crippen LogP contribution is -2.58. The summed E-state index contributed by atoms with van der Waals surface area (Å²) in [5.74, 6) is 3.74. The monoisotopic (exact) mass is 425 g/mol. The van der Waals surface area contributed by atoms with E-state index in [2.05, 4.69) is 97.3 Å². The number of para-hydroxylation sites is 3. The first-order chi connectivity index (χ1) is 16.1. The van der Waals surface area contributed by atoms with Gasteiger partial charge in [0.25, 0.3) is 6.71 Å². The van der Waals surface area contributed by atoms with E-state index in [1.54, 1.807) is 0 Å². The van der Waals surface area contributed by atoms with Crippen LogP contribution in [0.15, 0.2) is 84.9 Å². The van der Waals surface area contributed by atoms with Crippen LogP contribution < -0.4 is 25.9 Å². The highest BCUT2D eigenvalue weighted by Gasteiger charge is 2.45. The molecule has 3 aliphatic heterocycles. The van der Waals surface area contributed by atoms with Crippen molar-refractivity contribution in [2.45, 2.75) is 19.3 Å². The third kappa shape index (κ3) is 1.99. The summed E-state index contributed by atoms with van der Waals surface area (Å²) in [4.78, 5) is 0. The molecule has 4 heteroatoms. The van der Waals surface area contributed by atoms with Gasteiger partial charge in [-0.1, -0.05) is 68.4 Å². The number of rotatable bonds is 0. The number of hydrogen-bond acceptors (Lipinski definition) is 2. The molecular weight excluding hydrogens is 405 g/mol. The number of fused-ring (bicyclic) bond motifs is 9. The highest BCUT2D eigenvalue weighted by molar-refractivity contribution is 6.99. The maximum Gasteiger partial charge on any atom is 0.256 e. The summed E-state index contributed by atoms with van der Waals surface area (Å²) in [7, 11) is 0. The Labute approximate surface area is 192 Å². The van der Waals surface area contributed by atoms with Crippen LogP contribution in [-0.2, 0) is 5.41 Å². The second kappa shape index (κ2) is 5.71. The highest BCUT2D eigenvalue weighted by Crippen LogP contribution is 2.53. The van der Waals surface area contributed by atoms with Crippen molar-refractivity contribution in [3.05, 3.63) is 96.1 Å². The molecular formula is C29H20BNO2. The summed E-state index contributed by atoms with van der Waals surface area (Å²) in [5, 5.41) is 1.24. The zero-order valence-electron chi connectivity index (χ0n) is 18.4. The molecule has 0 unspecified atom stereocenters. The van der Waals surface area contributed by atoms with Crippen molar-refractivity contribution in [2.75, 3.05) is 0 Å². The molecule has 3 nitrogen and oxygen atoms in total. The van der Waals surface area contributed by atoms with Gasteiger partial charge in [0.05, 0.1) is 5.52 Å². The quantitative estimate of drug-likeness (QED) is 0.320. The molecule has 0 fully saturated rings. The third-order valence-corrected chi connectivity index (χ3v) is 7.71. The molecule has 0 radical (unpaired) electrons. The van der Waals surface area contributed by atoms with Gasteiger partial charge in [0.2, 0.25) is 5.88 Å². The van der Waals surface area contributed by atoms with E-state index in [-0.39, 0.29) is 12.1 Å². The Morgan fingerprint density at radius 2 is 1.42 bits per heavy atom. The predicted octanol–water partition coefficient (Wildman–Crippen LogP) is 5.00. The van der Waals surface area contributed by atoms with Crippen molar-refractivity contribution in [2.24, 2.45) is 0 Å². The SMILES string of the molecule is CC1(C)c2ccccc2Oc2c1c1ccc3c4c1n2-c1ccccc1B4c1ccccc1O3. The van der Waals surface area contributed by atoms with Gasteiger partial charge in [-0.3, -0.25) is 4.57 Å². The van der Waals surface area contributed by atoms with E-state index in [9.17, 15) is 0 Å². The molecule has 0 aliphatic carbocycles. The maximum absolute atomic E-state index is 6.68. The average molecular weight is 425 g/mol. The molecule has 0 saturated heterocycles. The van der Waals surface area contributed by atoms with Crippen molar-refractivity contribution < 1.29 is 9.47 Å². The summed E-state index contributed by atoms with van der Waals surface area (Å²) in [5.41, 5.74) is 8.41. The Morgan fingerprint density at radius 3 is 2.30 bits per heavy atom. The molecule has 0 bridgehead atoms. The number of hydrogen-bond donors (Lipinski definition) is 0. The molecule has 8 rings (SSSR count). The van der Waals surface area contributed by atoms with E-state index in [1.165, 1.54) is 44.1 Å². The van der Waals surface area contributed by atoms with Gasteiger partial charge in [-0.15, -0.1) is 0 Å². The fraction of sp³-hybridized carbons (Fsp3) is 0.103. The van der Waals surface area contributed by atoms with E-state index in [4.69, 9.17) is 9.47 Å². The minimum atomic E-state index is -0.190. The summed E-state index contributed by atoms with van der Waals surface area (Å²) >= 11 is 0. The molecule has 0 spiro atoms. The zero-order chi connectivity index (χ0) is 21.9. The molecule has 0 N–H and O–H groups in total. The van der Waals surface area contributed by atoms with Gasteiger partial charge in [0.1, 0.15) is 17.2 Å². The topological polar surface area (TPSA) is 23.4 Å². The minimum absolute atomic E-state index is 0.138. The second-order valence-electron chi connectivity index (χ2n) is 9.74. The molecule has 1 aromatic heterocycles. The van der Waals surface area contributed by atoms with E-state index in [1.807, 2.05) is 6.07 Å². The Hall–Kier alpha value is -3.92. The van der Waals surface area contributed by atoms with Gasteiger partial charge in [-0.25, -0.2) is 0 Å². The lowest BCUT2D eigenvalue weighted by molar-refractivity contribution is 0.400. The molecule has 156 valence electrons. The van der Waals surface area contributed by atoms with Crippen LogP contribution in [0.3, 0.4) is 0 Å². The normalized spacial score (nSPS) is 15.6. The van der Waals surface area contributed by atoms with Gasteiger partial charge in [0.15, 0.2) is 0 Å². The zero-order valence-corrected chi connectivity index (χ0v) is 18.4. The van der Waals surface area contributed by atoms with Crippen molar-refractivity contribution in [3.8, 4) is 28.8 Å². The van der Waals surface area contributed by atoms with Crippen molar-refractivity contribution in [1.82, 2.24) is 4.57 Å².